The molecule has 2 atom stereocenters. The largest absolute Gasteiger partial charge is 0.369 e. The molecule has 0 saturated heterocycles. The SMILES string of the molecule is CCC1CCCCC1n1c(N)nc2cnccc21. The van der Waals surface area contributed by atoms with Crippen molar-refractivity contribution in [3.05, 3.63) is 18.5 Å². The van der Waals surface area contributed by atoms with Crippen molar-refractivity contribution in [1.29, 1.82) is 0 Å². The molecule has 1 aliphatic rings. The second-order valence-corrected chi connectivity index (χ2v) is 5.22. The highest BCUT2D eigenvalue weighted by Crippen LogP contribution is 2.38. The number of nitrogens with zero attached hydrogens (tertiary/aromatic N) is 3. The zero-order chi connectivity index (χ0) is 12.5. The van der Waals surface area contributed by atoms with Gasteiger partial charge in [0.1, 0.15) is 5.52 Å². The fourth-order valence-corrected chi connectivity index (χ4v) is 3.32. The number of nitrogens with two attached hydrogens (primary N) is 1. The van der Waals surface area contributed by atoms with Gasteiger partial charge in [0.15, 0.2) is 0 Å². The Morgan fingerprint density at radius 3 is 3.06 bits per heavy atom. The van der Waals surface area contributed by atoms with Gasteiger partial charge in [0.25, 0.3) is 0 Å². The second-order valence-electron chi connectivity index (χ2n) is 5.22. The van der Waals surface area contributed by atoms with Gasteiger partial charge in [0, 0.05) is 12.2 Å². The Morgan fingerprint density at radius 2 is 2.22 bits per heavy atom. The van der Waals surface area contributed by atoms with Gasteiger partial charge in [-0.2, -0.15) is 0 Å². The van der Waals surface area contributed by atoms with Gasteiger partial charge in [0.2, 0.25) is 5.95 Å². The van der Waals surface area contributed by atoms with Gasteiger partial charge in [-0.1, -0.05) is 26.2 Å². The van der Waals surface area contributed by atoms with Crippen LogP contribution in [0.3, 0.4) is 0 Å². The normalized spacial score (nSPS) is 24.5. The van der Waals surface area contributed by atoms with E-state index in [1.54, 1.807) is 6.20 Å². The molecule has 18 heavy (non-hydrogen) atoms. The second kappa shape index (κ2) is 4.59. The number of hydrogen-bond donors (Lipinski definition) is 1. The summed E-state index contributed by atoms with van der Waals surface area (Å²) >= 11 is 0. The van der Waals surface area contributed by atoms with Gasteiger partial charge >= 0.3 is 0 Å². The van der Waals surface area contributed by atoms with Crippen LogP contribution in [0.25, 0.3) is 11.0 Å². The van der Waals surface area contributed by atoms with Crippen molar-refractivity contribution < 1.29 is 0 Å². The highest BCUT2D eigenvalue weighted by atomic mass is 15.2. The van der Waals surface area contributed by atoms with Crippen molar-refractivity contribution in [3.63, 3.8) is 0 Å². The number of imidazole rings is 1. The van der Waals surface area contributed by atoms with Crippen LogP contribution in [0.2, 0.25) is 0 Å². The predicted molar refractivity (Wildman–Crippen MR) is 73.2 cm³/mol. The number of pyridine rings is 1. The van der Waals surface area contributed by atoms with Crippen molar-refractivity contribution in [2.45, 2.75) is 45.1 Å². The van der Waals surface area contributed by atoms with Crippen molar-refractivity contribution in [2.24, 2.45) is 5.92 Å². The molecular formula is C14H20N4. The summed E-state index contributed by atoms with van der Waals surface area (Å²) in [6.45, 7) is 2.28. The van der Waals surface area contributed by atoms with Gasteiger partial charge < -0.3 is 10.3 Å². The summed E-state index contributed by atoms with van der Waals surface area (Å²) < 4.78 is 2.24. The molecule has 0 radical (unpaired) electrons. The number of hydrogen-bond acceptors (Lipinski definition) is 3. The number of rotatable bonds is 2. The molecule has 0 amide bonds. The van der Waals surface area contributed by atoms with Crippen LogP contribution in [0.4, 0.5) is 5.95 Å². The van der Waals surface area contributed by atoms with E-state index in [9.17, 15) is 0 Å². The van der Waals surface area contributed by atoms with E-state index in [1.807, 2.05) is 12.3 Å². The molecule has 2 N–H and O–H groups in total. The molecule has 2 unspecified atom stereocenters. The summed E-state index contributed by atoms with van der Waals surface area (Å²) in [5.41, 5.74) is 8.17. The van der Waals surface area contributed by atoms with E-state index in [0.717, 1.165) is 17.0 Å². The van der Waals surface area contributed by atoms with Crippen molar-refractivity contribution in [1.82, 2.24) is 14.5 Å². The van der Waals surface area contributed by atoms with Crippen LogP contribution in [-0.4, -0.2) is 14.5 Å². The van der Waals surface area contributed by atoms with E-state index in [2.05, 4.69) is 21.5 Å². The number of aromatic nitrogens is 3. The van der Waals surface area contributed by atoms with Crippen LogP contribution in [0.5, 0.6) is 0 Å². The molecule has 1 saturated carbocycles. The summed E-state index contributed by atoms with van der Waals surface area (Å²) in [5.74, 6) is 1.37. The quantitative estimate of drug-likeness (QED) is 0.882. The summed E-state index contributed by atoms with van der Waals surface area (Å²) in [6, 6.07) is 2.54. The molecule has 4 heteroatoms. The molecule has 1 fully saturated rings. The summed E-state index contributed by atoms with van der Waals surface area (Å²) in [7, 11) is 0. The van der Waals surface area contributed by atoms with E-state index in [1.165, 1.54) is 32.1 Å². The van der Waals surface area contributed by atoms with E-state index in [0.29, 0.717) is 12.0 Å². The van der Waals surface area contributed by atoms with Gasteiger partial charge in [-0.3, -0.25) is 4.98 Å². The summed E-state index contributed by atoms with van der Waals surface area (Å²) in [6.07, 6.45) is 10.0. The van der Waals surface area contributed by atoms with Gasteiger partial charge in [-0.15, -0.1) is 0 Å². The third-order valence-electron chi connectivity index (χ3n) is 4.24. The predicted octanol–water partition coefficient (Wildman–Crippen LogP) is 3.15. The van der Waals surface area contributed by atoms with Crippen LogP contribution >= 0.6 is 0 Å². The Morgan fingerprint density at radius 1 is 1.39 bits per heavy atom. The summed E-state index contributed by atoms with van der Waals surface area (Å²) in [4.78, 5) is 8.56. The molecule has 0 aromatic carbocycles. The zero-order valence-electron chi connectivity index (χ0n) is 10.8. The maximum Gasteiger partial charge on any atom is 0.201 e. The lowest BCUT2D eigenvalue weighted by Gasteiger charge is -2.32. The minimum absolute atomic E-state index is 0.510. The van der Waals surface area contributed by atoms with E-state index < -0.39 is 0 Å². The molecule has 2 heterocycles. The van der Waals surface area contributed by atoms with Gasteiger partial charge in [-0.25, -0.2) is 4.98 Å². The molecule has 0 spiro atoms. The molecule has 0 bridgehead atoms. The number of fused-ring (bicyclic) bond motifs is 1. The van der Waals surface area contributed by atoms with Gasteiger partial charge in [0.05, 0.1) is 11.7 Å². The molecule has 3 rings (SSSR count). The van der Waals surface area contributed by atoms with Crippen molar-refractivity contribution >= 4 is 17.0 Å². The van der Waals surface area contributed by atoms with Crippen molar-refractivity contribution in [2.75, 3.05) is 5.73 Å². The maximum atomic E-state index is 6.13. The molecule has 0 aliphatic heterocycles. The van der Waals surface area contributed by atoms with Crippen molar-refractivity contribution in [3.8, 4) is 0 Å². The molecule has 1 aliphatic carbocycles. The number of nitrogen functional groups attached to an aromatic ring is 1. The zero-order valence-corrected chi connectivity index (χ0v) is 10.8. The molecule has 2 aromatic heterocycles. The van der Waals surface area contributed by atoms with Crippen LogP contribution in [0, 0.1) is 5.92 Å². The van der Waals surface area contributed by atoms with E-state index in [-0.39, 0.29) is 0 Å². The van der Waals surface area contributed by atoms with Crippen LogP contribution < -0.4 is 5.73 Å². The Labute approximate surface area is 107 Å². The number of anilines is 1. The lowest BCUT2D eigenvalue weighted by atomic mass is 9.82. The monoisotopic (exact) mass is 244 g/mol. The third kappa shape index (κ3) is 1.76. The third-order valence-corrected chi connectivity index (χ3v) is 4.24. The Kier molecular flexibility index (Phi) is 2.94. The first-order chi connectivity index (χ1) is 8.81. The first-order valence-corrected chi connectivity index (χ1v) is 6.88. The molecular weight excluding hydrogens is 224 g/mol. The minimum atomic E-state index is 0.510. The topological polar surface area (TPSA) is 56.7 Å². The first kappa shape index (κ1) is 11.5. The first-order valence-electron chi connectivity index (χ1n) is 6.88. The highest BCUT2D eigenvalue weighted by molar-refractivity contribution is 5.77. The average molecular weight is 244 g/mol. The smallest absolute Gasteiger partial charge is 0.201 e. The molecule has 96 valence electrons. The Bertz CT molecular complexity index is 546. The average Bonchev–Trinajstić information content (AvgIpc) is 2.74. The standard InChI is InChI=1S/C14H20N4/c1-2-10-5-3-4-6-12(10)18-13-7-8-16-9-11(13)17-14(18)15/h7-10,12H,2-6H2,1H3,(H2,15,17). The maximum absolute atomic E-state index is 6.13. The lowest BCUT2D eigenvalue weighted by Crippen LogP contribution is -2.23. The van der Waals surface area contributed by atoms with E-state index >= 15 is 0 Å². The van der Waals surface area contributed by atoms with Gasteiger partial charge in [-0.05, 0) is 24.8 Å². The molecule has 4 nitrogen and oxygen atoms in total. The van der Waals surface area contributed by atoms with Crippen LogP contribution in [0.15, 0.2) is 18.5 Å². The van der Waals surface area contributed by atoms with E-state index in [4.69, 9.17) is 5.73 Å². The minimum Gasteiger partial charge on any atom is -0.369 e. The highest BCUT2D eigenvalue weighted by Gasteiger charge is 2.27. The lowest BCUT2D eigenvalue weighted by molar-refractivity contribution is 0.239. The fourth-order valence-electron chi connectivity index (χ4n) is 3.32. The summed E-state index contributed by atoms with van der Waals surface area (Å²) in [5, 5.41) is 0. The Balaban J connectivity index is 2.09. The Hall–Kier alpha value is -1.58. The molecule has 2 aromatic rings. The van der Waals surface area contributed by atoms with Crippen LogP contribution in [-0.2, 0) is 0 Å². The fraction of sp³-hybridized carbons (Fsp3) is 0.571. The van der Waals surface area contributed by atoms with Crippen LogP contribution in [0.1, 0.15) is 45.1 Å².